The van der Waals surface area contributed by atoms with E-state index in [-0.39, 0.29) is 0 Å². The van der Waals surface area contributed by atoms with Crippen molar-refractivity contribution in [3.05, 3.63) is 24.3 Å². The highest BCUT2D eigenvalue weighted by molar-refractivity contribution is 6.35. The molecule has 0 radical (unpaired) electrons. The van der Waals surface area contributed by atoms with Gasteiger partial charge in [0.15, 0.2) is 0 Å². The number of rotatable bonds is 4. The van der Waals surface area contributed by atoms with Gasteiger partial charge in [-0.25, -0.2) is 0 Å². The van der Waals surface area contributed by atoms with Crippen LogP contribution in [0.2, 0.25) is 0 Å². The third-order valence-corrected chi connectivity index (χ3v) is 4.06. The Balaban J connectivity index is 1.62. The van der Waals surface area contributed by atoms with E-state index >= 15 is 0 Å². The highest BCUT2D eigenvalue weighted by Gasteiger charge is 2.18. The molecule has 0 spiro atoms. The fourth-order valence-corrected chi connectivity index (χ4v) is 2.72. The van der Waals surface area contributed by atoms with Crippen LogP contribution < -0.4 is 10.6 Å². The molecule has 20 heavy (non-hydrogen) atoms. The van der Waals surface area contributed by atoms with Crippen molar-refractivity contribution in [2.45, 2.75) is 38.5 Å². The lowest BCUT2D eigenvalue weighted by molar-refractivity contribution is -0.139. The molecule has 110 valence electrons. The summed E-state index contributed by atoms with van der Waals surface area (Å²) in [6, 6.07) is 0. The highest BCUT2D eigenvalue weighted by atomic mass is 16.2. The van der Waals surface area contributed by atoms with Crippen molar-refractivity contribution in [3.8, 4) is 0 Å². The first-order valence-corrected chi connectivity index (χ1v) is 7.61. The Morgan fingerprint density at radius 1 is 0.800 bits per heavy atom. The van der Waals surface area contributed by atoms with Crippen LogP contribution in [-0.2, 0) is 9.59 Å². The minimum atomic E-state index is -0.495. The second-order valence-electron chi connectivity index (χ2n) is 5.72. The monoisotopic (exact) mass is 276 g/mol. The number of nitrogens with one attached hydrogen (secondary N) is 2. The maximum atomic E-state index is 11.7. The van der Waals surface area contributed by atoms with Gasteiger partial charge < -0.3 is 10.6 Å². The molecule has 0 aromatic rings. The molecule has 2 atom stereocenters. The fraction of sp³-hybridized carbons (Fsp3) is 0.625. The molecule has 0 aromatic carbocycles. The van der Waals surface area contributed by atoms with Gasteiger partial charge in [0.1, 0.15) is 0 Å². The van der Waals surface area contributed by atoms with Crippen LogP contribution in [0.15, 0.2) is 24.3 Å². The second-order valence-corrected chi connectivity index (χ2v) is 5.72. The molecule has 0 aliphatic heterocycles. The minimum absolute atomic E-state index is 0.472. The van der Waals surface area contributed by atoms with E-state index in [1.54, 1.807) is 0 Å². The number of carbonyl (C=O) groups excluding carboxylic acids is 2. The third-order valence-electron chi connectivity index (χ3n) is 4.06. The summed E-state index contributed by atoms with van der Waals surface area (Å²) in [5, 5.41) is 5.48. The molecular formula is C16H24N2O2. The zero-order chi connectivity index (χ0) is 14.2. The van der Waals surface area contributed by atoms with E-state index in [4.69, 9.17) is 0 Å². The van der Waals surface area contributed by atoms with Crippen LogP contribution in [0.4, 0.5) is 0 Å². The predicted octanol–water partition coefficient (Wildman–Crippen LogP) is 1.93. The molecule has 2 rings (SSSR count). The molecule has 2 aliphatic carbocycles. The molecule has 0 aromatic heterocycles. The first-order chi connectivity index (χ1) is 9.75. The summed E-state index contributed by atoms with van der Waals surface area (Å²) in [4.78, 5) is 23.4. The molecule has 2 aliphatic rings. The Bertz CT molecular complexity index is 363. The molecule has 0 saturated carbocycles. The van der Waals surface area contributed by atoms with E-state index in [1.807, 2.05) is 0 Å². The third kappa shape index (κ3) is 4.83. The Kier molecular flexibility index (Phi) is 5.84. The molecular weight excluding hydrogens is 252 g/mol. The van der Waals surface area contributed by atoms with Gasteiger partial charge >= 0.3 is 11.8 Å². The Hall–Kier alpha value is -1.58. The smallest absolute Gasteiger partial charge is 0.309 e. The number of hydrogen-bond acceptors (Lipinski definition) is 2. The van der Waals surface area contributed by atoms with Gasteiger partial charge in [-0.3, -0.25) is 9.59 Å². The lowest BCUT2D eigenvalue weighted by Gasteiger charge is -2.19. The average Bonchev–Trinajstić information content (AvgIpc) is 2.52. The van der Waals surface area contributed by atoms with Crippen molar-refractivity contribution >= 4 is 11.8 Å². The summed E-state index contributed by atoms with van der Waals surface area (Å²) in [5.41, 5.74) is 0. The maximum Gasteiger partial charge on any atom is 0.309 e. The summed E-state index contributed by atoms with van der Waals surface area (Å²) in [5.74, 6) is -0.0442. The SMILES string of the molecule is O=C(NC[C@H]1CC=CCC1)C(=O)NC[C@H]1CC=CCC1. The van der Waals surface area contributed by atoms with Crippen molar-refractivity contribution < 1.29 is 9.59 Å². The quantitative estimate of drug-likeness (QED) is 0.609. The van der Waals surface area contributed by atoms with Crippen LogP contribution in [0, 0.1) is 11.8 Å². The first kappa shape index (κ1) is 14.8. The van der Waals surface area contributed by atoms with Gasteiger partial charge in [0, 0.05) is 13.1 Å². The molecule has 0 fully saturated rings. The van der Waals surface area contributed by atoms with Gasteiger partial charge in [-0.2, -0.15) is 0 Å². The minimum Gasteiger partial charge on any atom is -0.348 e. The van der Waals surface area contributed by atoms with Crippen LogP contribution in [0.25, 0.3) is 0 Å². The zero-order valence-corrected chi connectivity index (χ0v) is 11.9. The van der Waals surface area contributed by atoms with E-state index in [9.17, 15) is 9.59 Å². The summed E-state index contributed by atoms with van der Waals surface area (Å²) in [7, 11) is 0. The van der Waals surface area contributed by atoms with Gasteiger partial charge in [-0.15, -0.1) is 0 Å². The number of amides is 2. The molecule has 0 saturated heterocycles. The van der Waals surface area contributed by atoms with Crippen LogP contribution >= 0.6 is 0 Å². The Morgan fingerprint density at radius 3 is 1.60 bits per heavy atom. The second kappa shape index (κ2) is 7.88. The standard InChI is InChI=1S/C16H24N2O2/c19-15(17-11-13-7-3-1-4-8-13)16(20)18-12-14-9-5-2-6-10-14/h1-3,5,13-14H,4,6-12H2,(H,17,19)(H,18,20)/t13-,14-/m0/s1. The molecule has 0 bridgehead atoms. The van der Waals surface area contributed by atoms with Crippen molar-refractivity contribution in [3.63, 3.8) is 0 Å². The molecule has 4 heteroatoms. The van der Waals surface area contributed by atoms with Gasteiger partial charge in [-0.1, -0.05) is 24.3 Å². The van der Waals surface area contributed by atoms with Gasteiger partial charge in [-0.05, 0) is 50.4 Å². The van der Waals surface area contributed by atoms with E-state index in [0.717, 1.165) is 38.5 Å². The average molecular weight is 276 g/mol. The van der Waals surface area contributed by atoms with Crippen LogP contribution in [0.5, 0.6) is 0 Å². The van der Waals surface area contributed by atoms with E-state index < -0.39 is 11.8 Å². The number of allylic oxidation sites excluding steroid dienone is 4. The summed E-state index contributed by atoms with van der Waals surface area (Å²) >= 11 is 0. The van der Waals surface area contributed by atoms with Gasteiger partial charge in [0.05, 0.1) is 0 Å². The van der Waals surface area contributed by atoms with Crippen LogP contribution in [0.1, 0.15) is 38.5 Å². The Morgan fingerprint density at radius 2 is 1.25 bits per heavy atom. The molecule has 4 nitrogen and oxygen atoms in total. The van der Waals surface area contributed by atoms with E-state index in [2.05, 4.69) is 34.9 Å². The van der Waals surface area contributed by atoms with Crippen molar-refractivity contribution in [1.82, 2.24) is 10.6 Å². The lowest BCUT2D eigenvalue weighted by Crippen LogP contribution is -2.43. The number of carbonyl (C=O) groups is 2. The van der Waals surface area contributed by atoms with Crippen LogP contribution in [-0.4, -0.2) is 24.9 Å². The van der Waals surface area contributed by atoms with E-state index in [1.165, 1.54) is 0 Å². The molecule has 2 N–H and O–H groups in total. The highest BCUT2D eigenvalue weighted by Crippen LogP contribution is 2.17. The molecule has 0 unspecified atom stereocenters. The van der Waals surface area contributed by atoms with Crippen molar-refractivity contribution in [2.24, 2.45) is 11.8 Å². The fourth-order valence-electron chi connectivity index (χ4n) is 2.72. The van der Waals surface area contributed by atoms with Crippen LogP contribution in [0.3, 0.4) is 0 Å². The number of hydrogen-bond donors (Lipinski definition) is 2. The summed E-state index contributed by atoms with van der Waals surface area (Å²) < 4.78 is 0. The van der Waals surface area contributed by atoms with Gasteiger partial charge in [0.25, 0.3) is 0 Å². The molecule has 2 amide bonds. The lowest BCUT2D eigenvalue weighted by atomic mass is 9.94. The van der Waals surface area contributed by atoms with Gasteiger partial charge in [0.2, 0.25) is 0 Å². The summed E-state index contributed by atoms with van der Waals surface area (Å²) in [6.07, 6.45) is 15.0. The predicted molar refractivity (Wildman–Crippen MR) is 79.0 cm³/mol. The maximum absolute atomic E-state index is 11.7. The molecule has 0 heterocycles. The Labute approximate surface area is 120 Å². The zero-order valence-electron chi connectivity index (χ0n) is 11.9. The summed E-state index contributed by atoms with van der Waals surface area (Å²) in [6.45, 7) is 1.20. The first-order valence-electron chi connectivity index (χ1n) is 7.61. The normalized spacial score (nSPS) is 25.2. The van der Waals surface area contributed by atoms with Crippen molar-refractivity contribution in [1.29, 1.82) is 0 Å². The van der Waals surface area contributed by atoms with Crippen molar-refractivity contribution in [2.75, 3.05) is 13.1 Å². The largest absolute Gasteiger partial charge is 0.348 e. The van der Waals surface area contributed by atoms with E-state index in [0.29, 0.717) is 24.9 Å². The topological polar surface area (TPSA) is 58.2 Å².